The number of anilines is 1. The molecule has 1 atom stereocenters. The highest BCUT2D eigenvalue weighted by atomic mass is 32.1. The van der Waals surface area contributed by atoms with Crippen LogP contribution in [0.15, 0.2) is 46.7 Å². The van der Waals surface area contributed by atoms with Crippen molar-refractivity contribution in [2.45, 2.75) is 31.8 Å². The number of carbonyl (C=O) groups is 1. The van der Waals surface area contributed by atoms with E-state index in [0.717, 1.165) is 19.4 Å². The van der Waals surface area contributed by atoms with E-state index in [-0.39, 0.29) is 30.1 Å². The zero-order valence-corrected chi connectivity index (χ0v) is 20.1. The van der Waals surface area contributed by atoms with Gasteiger partial charge in [0.15, 0.2) is 0 Å². The SMILES string of the molecule is CCOC(=O)c1cn(C2CC2)c2nc3cc(N4CCNC(c5cccs5)C4)c(F)cc3cc2c1=O. The van der Waals surface area contributed by atoms with Crippen LogP contribution in [0.5, 0.6) is 0 Å². The molecule has 6 rings (SSSR count). The molecule has 0 amide bonds. The molecule has 0 radical (unpaired) electrons. The largest absolute Gasteiger partial charge is 0.462 e. The Hall–Kier alpha value is -3.30. The minimum atomic E-state index is -0.644. The van der Waals surface area contributed by atoms with Crippen LogP contribution < -0.4 is 15.6 Å². The average Bonchev–Trinajstić information content (AvgIpc) is 3.55. The smallest absolute Gasteiger partial charge is 0.343 e. The Morgan fingerprint density at radius 3 is 2.91 bits per heavy atom. The van der Waals surface area contributed by atoms with E-state index in [1.165, 1.54) is 10.9 Å². The maximum absolute atomic E-state index is 15.4. The van der Waals surface area contributed by atoms with Crippen molar-refractivity contribution in [3.63, 3.8) is 0 Å². The fourth-order valence-corrected chi connectivity index (χ4v) is 5.61. The van der Waals surface area contributed by atoms with E-state index in [2.05, 4.69) is 16.3 Å². The molecule has 1 N–H and O–H groups in total. The molecule has 3 aromatic heterocycles. The van der Waals surface area contributed by atoms with Gasteiger partial charge in [0.05, 0.1) is 29.2 Å². The van der Waals surface area contributed by atoms with Crippen molar-refractivity contribution in [3.05, 3.63) is 68.4 Å². The number of esters is 1. The van der Waals surface area contributed by atoms with Gasteiger partial charge in [0.2, 0.25) is 5.43 Å². The number of thiophene rings is 1. The van der Waals surface area contributed by atoms with Crippen LogP contribution in [0.25, 0.3) is 21.9 Å². The summed E-state index contributed by atoms with van der Waals surface area (Å²) >= 11 is 1.69. The summed E-state index contributed by atoms with van der Waals surface area (Å²) in [6.07, 6.45) is 3.49. The van der Waals surface area contributed by atoms with Gasteiger partial charge in [-0.25, -0.2) is 14.2 Å². The van der Waals surface area contributed by atoms with Crippen molar-refractivity contribution < 1.29 is 13.9 Å². The van der Waals surface area contributed by atoms with Crippen molar-refractivity contribution in [1.82, 2.24) is 14.9 Å². The van der Waals surface area contributed by atoms with E-state index in [1.54, 1.807) is 36.6 Å². The number of nitrogens with zero attached hydrogens (tertiary/aromatic N) is 3. The highest BCUT2D eigenvalue weighted by Gasteiger charge is 2.29. The molecule has 35 heavy (non-hydrogen) atoms. The standard InChI is InChI=1S/C26H25FN4O3S/c1-2-34-26(33)18-13-31(16-5-6-16)25-17(24(18)32)10-15-11-19(27)22(12-20(15)29-25)30-8-7-28-21(14-30)23-4-3-9-35-23/h3-4,9-13,16,21,28H,2,5-8,14H2,1H3. The molecule has 4 aromatic rings. The van der Waals surface area contributed by atoms with E-state index in [4.69, 9.17) is 9.72 Å². The predicted molar refractivity (Wildman–Crippen MR) is 135 cm³/mol. The van der Waals surface area contributed by atoms with Gasteiger partial charge in [-0.1, -0.05) is 6.07 Å². The van der Waals surface area contributed by atoms with Gasteiger partial charge in [-0.15, -0.1) is 11.3 Å². The lowest BCUT2D eigenvalue weighted by Crippen LogP contribution is -2.45. The molecule has 7 nitrogen and oxygen atoms in total. The molecular formula is C26H25FN4O3S. The Bertz CT molecular complexity index is 1500. The van der Waals surface area contributed by atoms with E-state index in [1.807, 2.05) is 16.0 Å². The highest BCUT2D eigenvalue weighted by molar-refractivity contribution is 7.10. The second-order valence-corrected chi connectivity index (χ2v) is 10.0. The molecular weight excluding hydrogens is 467 g/mol. The fraction of sp³-hybridized carbons (Fsp3) is 0.346. The number of halogens is 1. The van der Waals surface area contributed by atoms with Gasteiger partial charge in [-0.3, -0.25) is 4.79 Å². The number of hydrogen-bond donors (Lipinski definition) is 1. The normalized spacial score (nSPS) is 18.3. The molecule has 1 saturated heterocycles. The lowest BCUT2D eigenvalue weighted by molar-refractivity contribution is 0.0524. The summed E-state index contributed by atoms with van der Waals surface area (Å²) in [5.74, 6) is -0.996. The van der Waals surface area contributed by atoms with Gasteiger partial charge < -0.3 is 19.5 Å². The molecule has 1 aliphatic carbocycles. The zero-order valence-electron chi connectivity index (χ0n) is 19.3. The van der Waals surface area contributed by atoms with Crippen LogP contribution in [0, 0.1) is 5.82 Å². The maximum Gasteiger partial charge on any atom is 0.343 e. The molecule has 1 aliphatic heterocycles. The molecule has 1 unspecified atom stereocenters. The summed E-state index contributed by atoms with van der Waals surface area (Å²) in [7, 11) is 0. The van der Waals surface area contributed by atoms with Crippen molar-refractivity contribution >= 4 is 44.9 Å². The van der Waals surface area contributed by atoms with Crippen LogP contribution in [0.2, 0.25) is 0 Å². The number of piperazine rings is 1. The number of nitrogens with one attached hydrogen (secondary N) is 1. The third kappa shape index (κ3) is 3.98. The molecule has 0 bridgehead atoms. The third-order valence-electron chi connectivity index (χ3n) is 6.70. The molecule has 2 fully saturated rings. The summed E-state index contributed by atoms with van der Waals surface area (Å²) in [6, 6.07) is 9.33. The van der Waals surface area contributed by atoms with Crippen molar-refractivity contribution in [3.8, 4) is 0 Å². The third-order valence-corrected chi connectivity index (χ3v) is 7.69. The maximum atomic E-state index is 15.4. The first kappa shape index (κ1) is 22.2. The molecule has 180 valence electrons. The number of carbonyl (C=O) groups excluding carboxylic acids is 1. The molecule has 0 spiro atoms. The number of benzene rings is 1. The van der Waals surface area contributed by atoms with Gasteiger partial charge in [-0.05, 0) is 49.4 Å². The number of ether oxygens (including phenoxy) is 1. The summed E-state index contributed by atoms with van der Waals surface area (Å²) in [5, 5.41) is 6.40. The van der Waals surface area contributed by atoms with Gasteiger partial charge in [0.25, 0.3) is 0 Å². The van der Waals surface area contributed by atoms with E-state index >= 15 is 4.39 Å². The van der Waals surface area contributed by atoms with Crippen molar-refractivity contribution in [2.24, 2.45) is 0 Å². The minimum absolute atomic E-state index is 0.00933. The lowest BCUT2D eigenvalue weighted by Gasteiger charge is -2.35. The highest BCUT2D eigenvalue weighted by Crippen LogP contribution is 2.37. The molecule has 4 heterocycles. The Morgan fingerprint density at radius 1 is 1.31 bits per heavy atom. The van der Waals surface area contributed by atoms with E-state index < -0.39 is 11.4 Å². The van der Waals surface area contributed by atoms with Crippen LogP contribution in [0.4, 0.5) is 10.1 Å². The topological polar surface area (TPSA) is 76.5 Å². The summed E-state index contributed by atoms with van der Waals surface area (Å²) in [6.45, 7) is 3.99. The van der Waals surface area contributed by atoms with Gasteiger partial charge in [0, 0.05) is 42.1 Å². The van der Waals surface area contributed by atoms with Crippen LogP contribution in [-0.2, 0) is 4.74 Å². The molecule has 1 saturated carbocycles. The lowest BCUT2D eigenvalue weighted by atomic mass is 10.1. The van der Waals surface area contributed by atoms with Gasteiger partial charge in [0.1, 0.15) is 17.0 Å². The fourth-order valence-electron chi connectivity index (χ4n) is 4.82. The van der Waals surface area contributed by atoms with Crippen molar-refractivity contribution in [1.29, 1.82) is 0 Å². The Kier molecular flexibility index (Phi) is 5.53. The number of pyridine rings is 2. The first-order chi connectivity index (χ1) is 17.0. The molecule has 2 aliphatic rings. The second kappa shape index (κ2) is 8.73. The van der Waals surface area contributed by atoms with Crippen LogP contribution in [-0.4, -0.2) is 41.8 Å². The second-order valence-electron chi connectivity index (χ2n) is 9.05. The molecule has 1 aromatic carbocycles. The Labute approximate surface area is 205 Å². The Morgan fingerprint density at radius 2 is 2.17 bits per heavy atom. The quantitative estimate of drug-likeness (QED) is 0.329. The monoisotopic (exact) mass is 492 g/mol. The first-order valence-electron chi connectivity index (χ1n) is 11.9. The van der Waals surface area contributed by atoms with E-state index in [0.29, 0.717) is 40.7 Å². The van der Waals surface area contributed by atoms with Crippen LogP contribution >= 0.6 is 11.3 Å². The first-order valence-corrected chi connectivity index (χ1v) is 12.8. The summed E-state index contributed by atoms with van der Waals surface area (Å²) in [5.41, 5.74) is 1.21. The number of hydrogen-bond acceptors (Lipinski definition) is 7. The van der Waals surface area contributed by atoms with Crippen LogP contribution in [0.1, 0.15) is 47.1 Å². The predicted octanol–water partition coefficient (Wildman–Crippen LogP) is 4.41. The number of rotatable bonds is 5. The van der Waals surface area contributed by atoms with Gasteiger partial charge >= 0.3 is 5.97 Å². The van der Waals surface area contributed by atoms with Crippen LogP contribution in [0.3, 0.4) is 0 Å². The number of aromatic nitrogens is 2. The minimum Gasteiger partial charge on any atom is -0.462 e. The molecule has 9 heteroatoms. The Balaban J connectivity index is 1.46. The average molecular weight is 493 g/mol. The number of fused-ring (bicyclic) bond motifs is 2. The van der Waals surface area contributed by atoms with E-state index in [9.17, 15) is 9.59 Å². The summed E-state index contributed by atoms with van der Waals surface area (Å²) in [4.78, 5) is 33.7. The van der Waals surface area contributed by atoms with Crippen molar-refractivity contribution in [2.75, 3.05) is 31.1 Å². The van der Waals surface area contributed by atoms with Gasteiger partial charge in [-0.2, -0.15) is 0 Å². The summed E-state index contributed by atoms with van der Waals surface area (Å²) < 4.78 is 22.4. The zero-order chi connectivity index (χ0) is 24.1.